The summed E-state index contributed by atoms with van der Waals surface area (Å²) in [5.41, 5.74) is 0.457. The lowest BCUT2D eigenvalue weighted by Crippen LogP contribution is -2.26. The lowest BCUT2D eigenvalue weighted by molar-refractivity contribution is -0.384. The maximum atomic E-state index is 12.3. The smallest absolute Gasteiger partial charge is 0.269 e. The Balaban J connectivity index is 2.30. The Bertz CT molecular complexity index is 701. The molecule has 0 fully saturated rings. The van der Waals surface area contributed by atoms with Crippen LogP contribution in [-0.2, 0) is 0 Å². The standard InChI is InChI=1S/C14H11ClN2O4/c1-16(10-3-5-11(6-4-10)17(20)21)14(19)12-8-9(15)2-7-13(12)18/h2-8,18H,1H3. The molecular formula is C14H11ClN2O4. The zero-order valence-electron chi connectivity index (χ0n) is 11.0. The quantitative estimate of drug-likeness (QED) is 0.697. The van der Waals surface area contributed by atoms with Crippen LogP contribution in [0, 0.1) is 10.1 Å². The van der Waals surface area contributed by atoms with Gasteiger partial charge in [0.05, 0.1) is 10.5 Å². The molecule has 21 heavy (non-hydrogen) atoms. The predicted octanol–water partition coefficient (Wildman–Crippen LogP) is 3.23. The lowest BCUT2D eigenvalue weighted by atomic mass is 10.1. The van der Waals surface area contributed by atoms with Gasteiger partial charge in [-0.15, -0.1) is 0 Å². The molecule has 0 saturated heterocycles. The van der Waals surface area contributed by atoms with E-state index in [9.17, 15) is 20.0 Å². The number of hydrogen-bond acceptors (Lipinski definition) is 4. The first kappa shape index (κ1) is 14.8. The van der Waals surface area contributed by atoms with E-state index in [1.54, 1.807) is 0 Å². The number of rotatable bonds is 3. The molecular weight excluding hydrogens is 296 g/mol. The van der Waals surface area contributed by atoms with Crippen molar-refractivity contribution in [2.75, 3.05) is 11.9 Å². The zero-order valence-corrected chi connectivity index (χ0v) is 11.7. The van der Waals surface area contributed by atoms with Gasteiger partial charge in [0.1, 0.15) is 5.75 Å². The molecule has 2 aromatic rings. The fourth-order valence-electron chi connectivity index (χ4n) is 1.78. The van der Waals surface area contributed by atoms with Gasteiger partial charge >= 0.3 is 0 Å². The van der Waals surface area contributed by atoms with E-state index in [4.69, 9.17) is 11.6 Å². The number of halogens is 1. The van der Waals surface area contributed by atoms with Crippen molar-refractivity contribution in [3.63, 3.8) is 0 Å². The highest BCUT2D eigenvalue weighted by atomic mass is 35.5. The number of phenolic OH excluding ortho intramolecular Hbond substituents is 1. The van der Waals surface area contributed by atoms with Gasteiger partial charge in [0.25, 0.3) is 11.6 Å². The van der Waals surface area contributed by atoms with E-state index < -0.39 is 10.8 Å². The molecule has 0 atom stereocenters. The van der Waals surface area contributed by atoms with E-state index >= 15 is 0 Å². The average molecular weight is 307 g/mol. The number of phenols is 1. The number of nitro groups is 1. The molecule has 0 aromatic heterocycles. The van der Waals surface area contributed by atoms with Gasteiger partial charge in [-0.2, -0.15) is 0 Å². The monoisotopic (exact) mass is 306 g/mol. The molecule has 0 spiro atoms. The van der Waals surface area contributed by atoms with Gasteiger partial charge in [-0.25, -0.2) is 0 Å². The first-order valence-corrected chi connectivity index (χ1v) is 6.29. The lowest BCUT2D eigenvalue weighted by Gasteiger charge is -2.18. The van der Waals surface area contributed by atoms with Gasteiger partial charge in [-0.05, 0) is 30.3 Å². The Labute approximate surface area is 125 Å². The van der Waals surface area contributed by atoms with Crippen LogP contribution in [-0.4, -0.2) is 23.0 Å². The molecule has 0 saturated carbocycles. The molecule has 108 valence electrons. The number of carbonyl (C=O) groups is 1. The number of nitrogens with zero attached hydrogens (tertiary/aromatic N) is 2. The van der Waals surface area contributed by atoms with Crippen LogP contribution >= 0.6 is 11.6 Å². The second kappa shape index (κ2) is 5.80. The molecule has 7 heteroatoms. The third-order valence-corrected chi connectivity index (χ3v) is 3.18. The molecule has 0 aliphatic heterocycles. The van der Waals surface area contributed by atoms with E-state index in [-0.39, 0.29) is 17.0 Å². The second-order valence-electron chi connectivity index (χ2n) is 4.30. The van der Waals surface area contributed by atoms with Gasteiger partial charge in [0, 0.05) is 29.9 Å². The minimum Gasteiger partial charge on any atom is -0.507 e. The normalized spacial score (nSPS) is 10.2. The summed E-state index contributed by atoms with van der Waals surface area (Å²) < 4.78 is 0. The first-order valence-electron chi connectivity index (χ1n) is 5.91. The second-order valence-corrected chi connectivity index (χ2v) is 4.74. The van der Waals surface area contributed by atoms with E-state index in [0.717, 1.165) is 0 Å². The SMILES string of the molecule is CN(C(=O)c1cc(Cl)ccc1O)c1ccc([N+](=O)[O-])cc1. The van der Waals surface area contributed by atoms with Crippen molar-refractivity contribution >= 4 is 28.9 Å². The van der Waals surface area contributed by atoms with Crippen LogP contribution in [0.15, 0.2) is 42.5 Å². The third kappa shape index (κ3) is 3.11. The highest BCUT2D eigenvalue weighted by Crippen LogP contribution is 2.25. The van der Waals surface area contributed by atoms with Crippen LogP contribution in [0.5, 0.6) is 5.75 Å². The van der Waals surface area contributed by atoms with Gasteiger partial charge in [-0.1, -0.05) is 11.6 Å². The van der Waals surface area contributed by atoms with Crippen molar-refractivity contribution in [1.82, 2.24) is 0 Å². The Hall–Kier alpha value is -2.60. The van der Waals surface area contributed by atoms with Crippen molar-refractivity contribution in [3.05, 3.63) is 63.2 Å². The molecule has 0 radical (unpaired) electrons. The van der Waals surface area contributed by atoms with E-state index in [1.165, 1.54) is 54.4 Å². The maximum Gasteiger partial charge on any atom is 0.269 e. The van der Waals surface area contributed by atoms with Gasteiger partial charge in [0.2, 0.25) is 0 Å². The van der Waals surface area contributed by atoms with Crippen LogP contribution in [0.25, 0.3) is 0 Å². The molecule has 2 rings (SSSR count). The number of aromatic hydroxyl groups is 1. The number of benzene rings is 2. The summed E-state index contributed by atoms with van der Waals surface area (Å²) in [6.45, 7) is 0. The molecule has 1 N–H and O–H groups in total. The topological polar surface area (TPSA) is 83.7 Å². The van der Waals surface area contributed by atoms with Gasteiger partial charge in [0.15, 0.2) is 0 Å². The van der Waals surface area contributed by atoms with Crippen molar-refractivity contribution in [2.45, 2.75) is 0 Å². The zero-order chi connectivity index (χ0) is 15.6. The largest absolute Gasteiger partial charge is 0.507 e. The minimum atomic E-state index is -0.519. The van der Waals surface area contributed by atoms with Crippen molar-refractivity contribution in [3.8, 4) is 5.75 Å². The molecule has 2 aromatic carbocycles. The Morgan fingerprint density at radius 1 is 1.24 bits per heavy atom. The summed E-state index contributed by atoms with van der Waals surface area (Å²) in [6.07, 6.45) is 0. The number of nitro benzene ring substituents is 1. The summed E-state index contributed by atoms with van der Waals surface area (Å²) in [5, 5.41) is 20.6. The maximum absolute atomic E-state index is 12.3. The van der Waals surface area contributed by atoms with E-state index in [1.807, 2.05) is 0 Å². The predicted molar refractivity (Wildman–Crippen MR) is 78.9 cm³/mol. The molecule has 6 nitrogen and oxygen atoms in total. The Morgan fingerprint density at radius 3 is 2.43 bits per heavy atom. The first-order chi connectivity index (χ1) is 9.90. The minimum absolute atomic E-state index is 0.0587. The number of carbonyl (C=O) groups excluding carboxylic acids is 1. The van der Waals surface area contributed by atoms with Gasteiger partial charge in [-0.3, -0.25) is 14.9 Å². The number of anilines is 1. The fourth-order valence-corrected chi connectivity index (χ4v) is 1.95. The summed E-state index contributed by atoms with van der Waals surface area (Å²) >= 11 is 5.81. The van der Waals surface area contributed by atoms with Crippen LogP contribution in [0.3, 0.4) is 0 Å². The molecule has 0 aliphatic rings. The van der Waals surface area contributed by atoms with Crippen LogP contribution in [0.2, 0.25) is 5.02 Å². The van der Waals surface area contributed by atoms with Gasteiger partial charge < -0.3 is 10.0 Å². The van der Waals surface area contributed by atoms with Crippen molar-refractivity contribution in [1.29, 1.82) is 0 Å². The summed E-state index contributed by atoms with van der Waals surface area (Å²) in [6, 6.07) is 9.68. The molecule has 0 unspecified atom stereocenters. The van der Waals surface area contributed by atoms with Crippen LogP contribution < -0.4 is 4.90 Å². The third-order valence-electron chi connectivity index (χ3n) is 2.94. The van der Waals surface area contributed by atoms with Crippen molar-refractivity contribution < 1.29 is 14.8 Å². The Kier molecular flexibility index (Phi) is 4.09. The number of non-ortho nitro benzene ring substituents is 1. The van der Waals surface area contributed by atoms with Crippen LogP contribution in [0.4, 0.5) is 11.4 Å². The van der Waals surface area contributed by atoms with E-state index in [0.29, 0.717) is 10.7 Å². The molecule has 0 bridgehead atoms. The number of hydrogen-bond donors (Lipinski definition) is 1. The Morgan fingerprint density at radius 2 is 1.86 bits per heavy atom. The van der Waals surface area contributed by atoms with E-state index in [2.05, 4.69) is 0 Å². The molecule has 0 aliphatic carbocycles. The molecule has 1 amide bonds. The van der Waals surface area contributed by atoms with Crippen LogP contribution in [0.1, 0.15) is 10.4 Å². The molecule has 0 heterocycles. The highest BCUT2D eigenvalue weighted by molar-refractivity contribution is 6.31. The highest BCUT2D eigenvalue weighted by Gasteiger charge is 2.18. The fraction of sp³-hybridized carbons (Fsp3) is 0.0714. The average Bonchev–Trinajstić information content (AvgIpc) is 2.48. The summed E-state index contributed by atoms with van der Waals surface area (Å²) in [4.78, 5) is 23.7. The van der Waals surface area contributed by atoms with Crippen molar-refractivity contribution in [2.24, 2.45) is 0 Å². The summed E-state index contributed by atoms with van der Waals surface area (Å²) in [7, 11) is 1.50. The number of amides is 1. The summed E-state index contributed by atoms with van der Waals surface area (Å²) in [5.74, 6) is -0.651.